The average Bonchev–Trinajstić information content (AvgIpc) is 2.99. The molecule has 0 radical (unpaired) electrons. The van der Waals surface area contributed by atoms with Gasteiger partial charge in [-0.25, -0.2) is 9.78 Å². The molecule has 9 nitrogen and oxygen atoms in total. The highest BCUT2D eigenvalue weighted by atomic mass is 16.5. The number of rotatable bonds is 6. The molecule has 32 heavy (non-hydrogen) atoms. The number of imide groups is 1. The van der Waals surface area contributed by atoms with Crippen LogP contribution in [0.5, 0.6) is 0 Å². The first-order valence-corrected chi connectivity index (χ1v) is 11.6. The van der Waals surface area contributed by atoms with Gasteiger partial charge < -0.3 is 20.3 Å². The van der Waals surface area contributed by atoms with Crippen LogP contribution in [0.2, 0.25) is 0 Å². The summed E-state index contributed by atoms with van der Waals surface area (Å²) in [5, 5.41) is 5.73. The number of ether oxygens (including phenoxy) is 1. The zero-order chi connectivity index (χ0) is 22.7. The van der Waals surface area contributed by atoms with E-state index in [-0.39, 0.29) is 43.0 Å². The van der Waals surface area contributed by atoms with Gasteiger partial charge in [0.1, 0.15) is 11.4 Å². The Labute approximate surface area is 188 Å². The molecule has 1 saturated carbocycles. The van der Waals surface area contributed by atoms with Gasteiger partial charge in [-0.3, -0.25) is 14.5 Å². The summed E-state index contributed by atoms with van der Waals surface area (Å²) in [6.07, 6.45) is 6.53. The number of morpholine rings is 1. The van der Waals surface area contributed by atoms with E-state index in [4.69, 9.17) is 4.74 Å². The van der Waals surface area contributed by atoms with Crippen LogP contribution >= 0.6 is 0 Å². The van der Waals surface area contributed by atoms with Crippen molar-refractivity contribution in [1.29, 1.82) is 0 Å². The first kappa shape index (κ1) is 22.5. The topological polar surface area (TPSA) is 104 Å². The molecule has 1 aromatic rings. The standard InChI is InChI=1S/C23H33N5O4/c1-16-14-27(15-17(2)32-16)19-7-6-18(12-24-19)13-25-20(29)8-11-28-21(30)23(26-22(28)31)9-4-3-5-10-23/h6-7,12,16-17H,3-5,8-11,13-15H2,1-2H3,(H,25,29)(H,26,31)/t16-,17-/m0/s1. The molecule has 0 aromatic carbocycles. The molecular formula is C23H33N5O4. The van der Waals surface area contributed by atoms with E-state index in [0.717, 1.165) is 43.7 Å². The summed E-state index contributed by atoms with van der Waals surface area (Å²) in [6, 6.07) is 3.54. The van der Waals surface area contributed by atoms with E-state index in [1.807, 2.05) is 12.1 Å². The SMILES string of the molecule is C[C@H]1CN(c2ccc(CNC(=O)CCN3C(=O)NC4(CCCCC4)C3=O)cn2)C[C@H](C)O1. The van der Waals surface area contributed by atoms with Gasteiger partial charge in [0, 0.05) is 38.8 Å². The van der Waals surface area contributed by atoms with E-state index in [2.05, 4.69) is 34.4 Å². The summed E-state index contributed by atoms with van der Waals surface area (Å²) < 4.78 is 5.77. The predicted octanol–water partition coefficient (Wildman–Crippen LogP) is 1.96. The molecule has 3 heterocycles. The fraction of sp³-hybridized carbons (Fsp3) is 0.652. The van der Waals surface area contributed by atoms with Crippen LogP contribution in [-0.2, 0) is 20.9 Å². The Morgan fingerprint density at radius 1 is 1.19 bits per heavy atom. The maximum Gasteiger partial charge on any atom is 0.325 e. The van der Waals surface area contributed by atoms with Crippen LogP contribution in [0.1, 0.15) is 57.9 Å². The lowest BCUT2D eigenvalue weighted by Gasteiger charge is -2.36. The monoisotopic (exact) mass is 443 g/mol. The molecule has 0 unspecified atom stereocenters. The van der Waals surface area contributed by atoms with Crippen LogP contribution in [0.25, 0.3) is 0 Å². The minimum Gasteiger partial charge on any atom is -0.372 e. The summed E-state index contributed by atoms with van der Waals surface area (Å²) in [5.74, 6) is 0.522. The van der Waals surface area contributed by atoms with Crippen LogP contribution in [0.4, 0.5) is 10.6 Å². The number of amides is 4. The molecule has 2 N–H and O–H groups in total. The molecule has 0 bridgehead atoms. The predicted molar refractivity (Wildman–Crippen MR) is 119 cm³/mol. The van der Waals surface area contributed by atoms with E-state index >= 15 is 0 Å². The Hall–Kier alpha value is -2.68. The summed E-state index contributed by atoms with van der Waals surface area (Å²) in [7, 11) is 0. The molecular weight excluding hydrogens is 410 g/mol. The number of hydrogen-bond acceptors (Lipinski definition) is 6. The van der Waals surface area contributed by atoms with Crippen molar-refractivity contribution in [2.45, 2.75) is 76.7 Å². The minimum absolute atomic E-state index is 0.0876. The van der Waals surface area contributed by atoms with E-state index in [1.54, 1.807) is 6.20 Å². The fourth-order valence-corrected chi connectivity index (χ4v) is 4.95. The number of carbonyl (C=O) groups is 3. The molecule has 2 saturated heterocycles. The zero-order valence-electron chi connectivity index (χ0n) is 18.9. The Morgan fingerprint density at radius 3 is 2.56 bits per heavy atom. The Morgan fingerprint density at radius 2 is 1.91 bits per heavy atom. The van der Waals surface area contributed by atoms with E-state index in [1.165, 1.54) is 4.90 Å². The van der Waals surface area contributed by atoms with Crippen LogP contribution in [0.15, 0.2) is 18.3 Å². The number of anilines is 1. The summed E-state index contributed by atoms with van der Waals surface area (Å²) in [6.45, 7) is 6.17. The molecule has 4 amide bonds. The molecule has 3 fully saturated rings. The molecule has 9 heteroatoms. The Kier molecular flexibility index (Phi) is 6.64. The van der Waals surface area contributed by atoms with Crippen molar-refractivity contribution < 1.29 is 19.1 Å². The van der Waals surface area contributed by atoms with Crippen molar-refractivity contribution in [2.75, 3.05) is 24.5 Å². The van der Waals surface area contributed by atoms with E-state index < -0.39 is 5.54 Å². The number of nitrogens with zero attached hydrogens (tertiary/aromatic N) is 3. The van der Waals surface area contributed by atoms with Gasteiger partial charge in [-0.05, 0) is 38.3 Å². The highest BCUT2D eigenvalue weighted by molar-refractivity contribution is 6.07. The van der Waals surface area contributed by atoms with Crippen molar-refractivity contribution in [2.24, 2.45) is 0 Å². The Balaban J connectivity index is 1.24. The normalized spacial score (nSPS) is 25.2. The van der Waals surface area contributed by atoms with E-state index in [9.17, 15) is 14.4 Å². The van der Waals surface area contributed by atoms with Crippen molar-refractivity contribution in [3.05, 3.63) is 23.9 Å². The number of nitrogens with one attached hydrogen (secondary N) is 2. The number of aromatic nitrogens is 1. The molecule has 2 atom stereocenters. The molecule has 4 rings (SSSR count). The smallest absolute Gasteiger partial charge is 0.325 e. The number of pyridine rings is 1. The third-order valence-electron chi connectivity index (χ3n) is 6.56. The Bertz CT molecular complexity index is 842. The van der Waals surface area contributed by atoms with Gasteiger partial charge in [0.15, 0.2) is 0 Å². The van der Waals surface area contributed by atoms with Crippen molar-refractivity contribution >= 4 is 23.7 Å². The van der Waals surface area contributed by atoms with Crippen molar-refractivity contribution in [1.82, 2.24) is 20.5 Å². The van der Waals surface area contributed by atoms with Crippen LogP contribution < -0.4 is 15.5 Å². The van der Waals surface area contributed by atoms with Crippen molar-refractivity contribution in [3.8, 4) is 0 Å². The third kappa shape index (κ3) is 4.87. The van der Waals surface area contributed by atoms with Gasteiger partial charge in [0.05, 0.1) is 12.2 Å². The van der Waals surface area contributed by atoms with Gasteiger partial charge in [0.2, 0.25) is 5.91 Å². The second-order valence-electron chi connectivity index (χ2n) is 9.24. The van der Waals surface area contributed by atoms with Crippen LogP contribution in [0.3, 0.4) is 0 Å². The third-order valence-corrected chi connectivity index (χ3v) is 6.56. The highest BCUT2D eigenvalue weighted by Gasteiger charge is 2.51. The van der Waals surface area contributed by atoms with Gasteiger partial charge in [-0.15, -0.1) is 0 Å². The first-order valence-electron chi connectivity index (χ1n) is 11.6. The first-order chi connectivity index (χ1) is 15.4. The molecule has 2 aliphatic heterocycles. The summed E-state index contributed by atoms with van der Waals surface area (Å²) in [4.78, 5) is 45.3. The zero-order valence-corrected chi connectivity index (χ0v) is 18.9. The summed E-state index contributed by atoms with van der Waals surface area (Å²) >= 11 is 0. The van der Waals surface area contributed by atoms with Gasteiger partial charge in [-0.1, -0.05) is 25.3 Å². The lowest BCUT2D eigenvalue weighted by molar-refractivity contribution is -0.132. The van der Waals surface area contributed by atoms with Gasteiger partial charge in [0.25, 0.3) is 5.91 Å². The fourth-order valence-electron chi connectivity index (χ4n) is 4.95. The van der Waals surface area contributed by atoms with E-state index in [0.29, 0.717) is 19.4 Å². The largest absolute Gasteiger partial charge is 0.372 e. The van der Waals surface area contributed by atoms with Gasteiger partial charge >= 0.3 is 6.03 Å². The second kappa shape index (κ2) is 9.44. The maximum absolute atomic E-state index is 12.8. The number of carbonyl (C=O) groups excluding carboxylic acids is 3. The lowest BCUT2D eigenvalue weighted by atomic mass is 9.82. The summed E-state index contributed by atoms with van der Waals surface area (Å²) in [5.41, 5.74) is 0.155. The van der Waals surface area contributed by atoms with Crippen molar-refractivity contribution in [3.63, 3.8) is 0 Å². The number of urea groups is 1. The minimum atomic E-state index is -0.741. The van der Waals surface area contributed by atoms with Gasteiger partial charge in [-0.2, -0.15) is 0 Å². The molecule has 1 spiro atoms. The maximum atomic E-state index is 12.8. The van der Waals surface area contributed by atoms with Crippen LogP contribution in [0, 0.1) is 0 Å². The number of hydrogen-bond donors (Lipinski definition) is 2. The average molecular weight is 444 g/mol. The highest BCUT2D eigenvalue weighted by Crippen LogP contribution is 2.33. The lowest BCUT2D eigenvalue weighted by Crippen LogP contribution is -2.48. The quantitative estimate of drug-likeness (QED) is 0.652. The van der Waals surface area contributed by atoms with Crippen LogP contribution in [-0.4, -0.2) is 65.1 Å². The molecule has 3 aliphatic rings. The second-order valence-corrected chi connectivity index (χ2v) is 9.24. The molecule has 174 valence electrons. The molecule has 1 aliphatic carbocycles. The molecule has 1 aromatic heterocycles.